The minimum atomic E-state index is -4.31. The number of hydrogen-bond acceptors (Lipinski definition) is 7. The fourth-order valence-corrected chi connectivity index (χ4v) is 2.76. The number of carboxylic acid groups (broad SMARTS) is 1. The van der Waals surface area contributed by atoms with Gasteiger partial charge in [0.2, 0.25) is 0 Å². The predicted octanol–water partition coefficient (Wildman–Crippen LogP) is 1.01. The van der Waals surface area contributed by atoms with Crippen LogP contribution in [0.3, 0.4) is 0 Å². The summed E-state index contributed by atoms with van der Waals surface area (Å²) in [7, 11) is -4.31. The van der Waals surface area contributed by atoms with Gasteiger partial charge in [0, 0.05) is 0 Å². The summed E-state index contributed by atoms with van der Waals surface area (Å²) >= 11 is 0. The lowest BCUT2D eigenvalue weighted by Crippen LogP contribution is -2.56. The minimum Gasteiger partial charge on any atom is -0.547 e. The zero-order valence-corrected chi connectivity index (χ0v) is 14.5. The summed E-state index contributed by atoms with van der Waals surface area (Å²) in [5.41, 5.74) is -0.835. The first-order valence-electron chi connectivity index (χ1n) is 6.90. The van der Waals surface area contributed by atoms with Gasteiger partial charge in [-0.1, -0.05) is 22.9 Å². The number of carbonyl (C=O) groups excluding carboxylic acids is 1. The second kappa shape index (κ2) is 7.10. The quantitative estimate of drug-likeness (QED) is 0.416. The van der Waals surface area contributed by atoms with Crippen LogP contribution in [0.1, 0.15) is 33.3 Å². The molecule has 0 spiro atoms. The summed E-state index contributed by atoms with van der Waals surface area (Å²) in [6.07, 6.45) is -1.19. The van der Waals surface area contributed by atoms with Crippen molar-refractivity contribution in [1.82, 2.24) is 0 Å². The van der Waals surface area contributed by atoms with Crippen LogP contribution in [0.15, 0.2) is 34.3 Å². The van der Waals surface area contributed by atoms with Crippen LogP contribution in [0.5, 0.6) is 0 Å². The summed E-state index contributed by atoms with van der Waals surface area (Å²) in [6, 6.07) is 5.83. The number of aliphatic carboxylic acids is 1. The van der Waals surface area contributed by atoms with Crippen molar-refractivity contribution in [1.29, 1.82) is 0 Å². The van der Waals surface area contributed by atoms with Crippen LogP contribution in [0.2, 0.25) is 0 Å². The summed E-state index contributed by atoms with van der Waals surface area (Å²) in [5.74, 6) is -1.72. The molecule has 23 heavy (non-hydrogen) atoms. The van der Waals surface area contributed by atoms with Crippen LogP contribution < -0.4 is 5.11 Å². The summed E-state index contributed by atoms with van der Waals surface area (Å²) in [4.78, 5) is 16.3. The number of carboxylic acids is 1. The Morgan fingerprint density at radius 2 is 1.78 bits per heavy atom. The fraction of sp³-hybridized carbons (Fsp3) is 0.467. The molecule has 8 heteroatoms. The molecule has 1 aromatic rings. The van der Waals surface area contributed by atoms with Crippen molar-refractivity contribution in [2.45, 2.75) is 51.2 Å². The van der Waals surface area contributed by atoms with Gasteiger partial charge in [-0.2, -0.15) is 8.42 Å². The van der Waals surface area contributed by atoms with Gasteiger partial charge in [0.1, 0.15) is 0 Å². The van der Waals surface area contributed by atoms with Crippen LogP contribution in [0, 0.1) is 6.92 Å². The molecule has 7 nitrogen and oxygen atoms in total. The molecule has 128 valence electrons. The maximum absolute atomic E-state index is 12.3. The lowest BCUT2D eigenvalue weighted by molar-refractivity contribution is -0.326. The molecule has 0 aliphatic rings. The minimum absolute atomic E-state index is 0.155. The van der Waals surface area contributed by atoms with E-state index in [1.54, 1.807) is 32.9 Å². The van der Waals surface area contributed by atoms with Crippen molar-refractivity contribution < 1.29 is 27.3 Å². The fourth-order valence-electron chi connectivity index (χ4n) is 1.53. The molecular weight excluding hydrogens is 322 g/mol. The number of oxime groups is 1. The van der Waals surface area contributed by atoms with Crippen molar-refractivity contribution in [2.75, 3.05) is 0 Å². The maximum Gasteiger partial charge on any atom is 0.297 e. The number of nitrogens with zero attached hydrogens (tertiary/aromatic N) is 1. The summed E-state index contributed by atoms with van der Waals surface area (Å²) < 4.78 is 29.5. The van der Waals surface area contributed by atoms with Crippen LogP contribution in [0.4, 0.5) is 0 Å². The Hall–Kier alpha value is -1.93. The second-order valence-corrected chi connectivity index (χ2v) is 7.08. The Balaban J connectivity index is 3.13. The molecule has 2 unspecified atom stereocenters. The van der Waals surface area contributed by atoms with E-state index < -0.39 is 27.8 Å². The van der Waals surface area contributed by atoms with Crippen molar-refractivity contribution in [3.63, 3.8) is 0 Å². The highest BCUT2D eigenvalue weighted by molar-refractivity contribution is 7.86. The van der Waals surface area contributed by atoms with Gasteiger partial charge in [0.25, 0.3) is 10.1 Å². The Labute approximate surface area is 136 Å². The number of carbonyl (C=O) groups is 1. The van der Waals surface area contributed by atoms with Gasteiger partial charge in [-0.15, -0.1) is 0 Å². The Morgan fingerprint density at radius 1 is 1.26 bits per heavy atom. The normalized spacial score (nSPS) is 15.3. The lowest BCUT2D eigenvalue weighted by Gasteiger charge is -2.33. The topological polar surface area (TPSA) is 105 Å². The number of aryl methyl sites for hydroxylation is 1. The van der Waals surface area contributed by atoms with Crippen molar-refractivity contribution in [3.8, 4) is 0 Å². The van der Waals surface area contributed by atoms with E-state index in [0.717, 1.165) is 12.5 Å². The molecule has 0 amide bonds. The SMILES string of the molecule is CC(C)=NOC(C)C(C)(OS(=O)(=O)c1ccc(C)cc1)C(=O)[O-]. The molecule has 2 atom stereocenters. The molecule has 0 N–H and O–H groups in total. The number of benzene rings is 1. The summed E-state index contributed by atoms with van der Waals surface area (Å²) in [6.45, 7) is 7.50. The third kappa shape index (κ3) is 4.77. The van der Waals surface area contributed by atoms with Gasteiger partial charge in [-0.25, -0.2) is 4.18 Å². The van der Waals surface area contributed by atoms with Gasteiger partial charge < -0.3 is 14.7 Å². The van der Waals surface area contributed by atoms with Crippen LogP contribution in [0.25, 0.3) is 0 Å². The van der Waals surface area contributed by atoms with Gasteiger partial charge in [-0.3, -0.25) is 0 Å². The molecule has 0 bridgehead atoms. The van der Waals surface area contributed by atoms with Crippen LogP contribution >= 0.6 is 0 Å². The van der Waals surface area contributed by atoms with Gasteiger partial charge in [-0.05, 0) is 46.8 Å². The highest BCUT2D eigenvalue weighted by Gasteiger charge is 2.41. The first kappa shape index (κ1) is 19.1. The molecular formula is C15H20NO6S-. The average molecular weight is 342 g/mol. The third-order valence-electron chi connectivity index (χ3n) is 3.17. The Bertz CT molecular complexity index is 691. The highest BCUT2D eigenvalue weighted by Crippen LogP contribution is 2.25. The lowest BCUT2D eigenvalue weighted by atomic mass is 10.0. The number of rotatable bonds is 7. The van der Waals surface area contributed by atoms with E-state index in [0.29, 0.717) is 5.71 Å². The Morgan fingerprint density at radius 3 is 2.22 bits per heavy atom. The van der Waals surface area contributed by atoms with E-state index in [9.17, 15) is 18.3 Å². The Kier molecular flexibility index (Phi) is 5.90. The molecule has 0 aliphatic carbocycles. The zero-order valence-electron chi connectivity index (χ0n) is 13.7. The van der Waals surface area contributed by atoms with E-state index in [-0.39, 0.29) is 4.90 Å². The van der Waals surface area contributed by atoms with Crippen LogP contribution in [-0.2, 0) is 23.9 Å². The molecule has 1 rings (SSSR count). The number of hydrogen-bond donors (Lipinski definition) is 0. The molecule has 0 saturated carbocycles. The molecule has 0 aromatic heterocycles. The molecule has 0 fully saturated rings. The van der Waals surface area contributed by atoms with E-state index in [1.165, 1.54) is 19.1 Å². The van der Waals surface area contributed by atoms with Crippen LogP contribution in [-0.4, -0.2) is 31.8 Å². The zero-order chi connectivity index (χ0) is 17.8. The van der Waals surface area contributed by atoms with Gasteiger partial charge in [0.15, 0.2) is 11.7 Å². The summed E-state index contributed by atoms with van der Waals surface area (Å²) in [5, 5.41) is 15.1. The highest BCUT2D eigenvalue weighted by atomic mass is 32.2. The van der Waals surface area contributed by atoms with E-state index in [1.807, 2.05) is 0 Å². The second-order valence-electron chi connectivity index (χ2n) is 5.53. The standard InChI is InChI=1S/C15H21NO6S/c1-10(2)16-21-12(4)15(5,14(17)18)22-23(19,20)13-8-6-11(3)7-9-13/h6-9,12H,1-5H3,(H,17,18)/p-1. The maximum atomic E-state index is 12.3. The monoisotopic (exact) mass is 342 g/mol. The van der Waals surface area contributed by atoms with E-state index in [4.69, 9.17) is 9.02 Å². The smallest absolute Gasteiger partial charge is 0.297 e. The largest absolute Gasteiger partial charge is 0.547 e. The first-order valence-corrected chi connectivity index (χ1v) is 8.30. The molecule has 0 heterocycles. The third-order valence-corrected chi connectivity index (χ3v) is 4.58. The van der Waals surface area contributed by atoms with Gasteiger partial charge >= 0.3 is 0 Å². The average Bonchev–Trinajstić information content (AvgIpc) is 2.44. The molecule has 0 saturated heterocycles. The molecule has 1 aromatic carbocycles. The predicted molar refractivity (Wildman–Crippen MR) is 82.2 cm³/mol. The molecule has 0 radical (unpaired) electrons. The molecule has 0 aliphatic heterocycles. The van der Waals surface area contributed by atoms with Crippen molar-refractivity contribution in [3.05, 3.63) is 29.8 Å². The van der Waals surface area contributed by atoms with Crippen molar-refractivity contribution >= 4 is 21.8 Å². The van der Waals surface area contributed by atoms with E-state index in [2.05, 4.69) is 5.16 Å². The van der Waals surface area contributed by atoms with Crippen molar-refractivity contribution in [2.24, 2.45) is 5.16 Å². The first-order chi connectivity index (χ1) is 10.5. The van der Waals surface area contributed by atoms with Gasteiger partial charge in [0.05, 0.1) is 16.6 Å². The van der Waals surface area contributed by atoms with E-state index >= 15 is 0 Å².